The quantitative estimate of drug-likeness (QED) is 0.801. The zero-order valence-corrected chi connectivity index (χ0v) is 15.7. The summed E-state index contributed by atoms with van der Waals surface area (Å²) in [4.78, 5) is 25.1. The van der Waals surface area contributed by atoms with Crippen LogP contribution in [0.5, 0.6) is 0 Å². The Kier molecular flexibility index (Phi) is 5.10. The van der Waals surface area contributed by atoms with Gasteiger partial charge in [0.25, 0.3) is 0 Å². The smallest absolute Gasteiger partial charge is 0.348 e. The fraction of sp³-hybridized carbons (Fsp3) is 0.350. The lowest BCUT2D eigenvalue weighted by atomic mass is 10.1. The summed E-state index contributed by atoms with van der Waals surface area (Å²) in [6.45, 7) is 5.24. The van der Waals surface area contributed by atoms with Gasteiger partial charge in [-0.3, -0.25) is 4.79 Å². The van der Waals surface area contributed by atoms with E-state index in [9.17, 15) is 14.9 Å². The molecule has 1 fully saturated rings. The Morgan fingerprint density at radius 1 is 1.31 bits per heavy atom. The van der Waals surface area contributed by atoms with Crippen molar-refractivity contribution in [3.8, 4) is 6.07 Å². The van der Waals surface area contributed by atoms with Crippen molar-refractivity contribution in [2.75, 3.05) is 5.32 Å². The maximum atomic E-state index is 12.6. The molecule has 2 aromatic rings. The molecule has 1 aromatic carbocycles. The Bertz CT molecular complexity index is 880. The molecule has 5 nitrogen and oxygen atoms in total. The van der Waals surface area contributed by atoms with Crippen molar-refractivity contribution in [3.05, 3.63) is 51.9 Å². The van der Waals surface area contributed by atoms with Crippen molar-refractivity contribution in [3.63, 3.8) is 0 Å². The topological polar surface area (TPSA) is 79.2 Å². The SMILES string of the molecule is Cc1c(C(=O)OC(C)C)sc(NC(=O)[C@@H]2C[C@H]2c2ccccc2)c1C#N. The standard InChI is InChI=1S/C20H20N2O3S/c1-11(2)25-20(24)17-12(3)16(10-21)19(26-17)22-18(23)15-9-14(15)13-7-5-4-6-8-13/h4-8,11,14-15H,9H2,1-3H3,(H,22,23)/t14-,15+/m0/s1. The van der Waals surface area contributed by atoms with Crippen molar-refractivity contribution in [1.82, 2.24) is 0 Å². The lowest BCUT2D eigenvalue weighted by Gasteiger charge is -2.06. The van der Waals surface area contributed by atoms with Gasteiger partial charge in [0.2, 0.25) is 5.91 Å². The van der Waals surface area contributed by atoms with Crippen molar-refractivity contribution in [2.24, 2.45) is 5.92 Å². The third kappa shape index (κ3) is 3.63. The van der Waals surface area contributed by atoms with Crippen LogP contribution in [0, 0.1) is 24.2 Å². The van der Waals surface area contributed by atoms with Gasteiger partial charge in [-0.25, -0.2) is 4.79 Å². The van der Waals surface area contributed by atoms with E-state index in [1.54, 1.807) is 20.8 Å². The third-order valence-corrected chi connectivity index (χ3v) is 5.57. The van der Waals surface area contributed by atoms with Crippen LogP contribution in [-0.4, -0.2) is 18.0 Å². The molecule has 1 heterocycles. The monoisotopic (exact) mass is 368 g/mol. The number of ether oxygens (including phenoxy) is 1. The second-order valence-electron chi connectivity index (χ2n) is 6.67. The number of anilines is 1. The van der Waals surface area contributed by atoms with Crippen LogP contribution in [0.15, 0.2) is 30.3 Å². The molecule has 2 atom stereocenters. The average molecular weight is 368 g/mol. The zero-order valence-electron chi connectivity index (χ0n) is 14.9. The van der Waals surface area contributed by atoms with E-state index < -0.39 is 5.97 Å². The summed E-state index contributed by atoms with van der Waals surface area (Å²) < 4.78 is 5.22. The molecule has 26 heavy (non-hydrogen) atoms. The van der Waals surface area contributed by atoms with E-state index in [-0.39, 0.29) is 23.8 Å². The molecule has 1 N–H and O–H groups in total. The maximum Gasteiger partial charge on any atom is 0.348 e. The van der Waals surface area contributed by atoms with Gasteiger partial charge < -0.3 is 10.1 Å². The van der Waals surface area contributed by atoms with Gasteiger partial charge in [-0.2, -0.15) is 5.26 Å². The minimum atomic E-state index is -0.465. The first-order valence-corrected chi connectivity index (χ1v) is 9.34. The minimum Gasteiger partial charge on any atom is -0.459 e. The van der Waals surface area contributed by atoms with E-state index in [4.69, 9.17) is 4.74 Å². The summed E-state index contributed by atoms with van der Waals surface area (Å²) in [7, 11) is 0. The van der Waals surface area contributed by atoms with E-state index in [1.165, 1.54) is 0 Å². The Hall–Kier alpha value is -2.65. The van der Waals surface area contributed by atoms with Crippen LogP contribution in [-0.2, 0) is 9.53 Å². The fourth-order valence-corrected chi connectivity index (χ4v) is 4.00. The number of benzene rings is 1. The summed E-state index contributed by atoms with van der Waals surface area (Å²) in [5.74, 6) is -0.459. The van der Waals surface area contributed by atoms with Gasteiger partial charge >= 0.3 is 5.97 Å². The summed E-state index contributed by atoms with van der Waals surface area (Å²) >= 11 is 1.10. The molecule has 0 radical (unpaired) electrons. The van der Waals surface area contributed by atoms with E-state index in [0.717, 1.165) is 23.3 Å². The number of carbonyl (C=O) groups excluding carboxylic acids is 2. The number of nitrogens with zero attached hydrogens (tertiary/aromatic N) is 1. The number of nitriles is 1. The van der Waals surface area contributed by atoms with Gasteiger partial charge in [-0.05, 0) is 44.2 Å². The van der Waals surface area contributed by atoms with Crippen molar-refractivity contribution in [2.45, 2.75) is 39.2 Å². The molecule has 0 spiro atoms. The van der Waals surface area contributed by atoms with Crippen LogP contribution in [0.2, 0.25) is 0 Å². The lowest BCUT2D eigenvalue weighted by Crippen LogP contribution is -2.14. The molecular weight excluding hydrogens is 348 g/mol. The molecule has 0 unspecified atom stereocenters. The van der Waals surface area contributed by atoms with Gasteiger partial charge in [0.05, 0.1) is 11.7 Å². The van der Waals surface area contributed by atoms with Crippen LogP contribution in [0.1, 0.15) is 52.5 Å². The van der Waals surface area contributed by atoms with Crippen LogP contribution in [0.4, 0.5) is 5.00 Å². The Balaban J connectivity index is 1.75. The number of nitrogens with one attached hydrogen (secondary N) is 1. The first-order valence-electron chi connectivity index (χ1n) is 8.52. The molecule has 0 saturated heterocycles. The summed E-state index contributed by atoms with van der Waals surface area (Å²) in [5, 5.41) is 12.7. The van der Waals surface area contributed by atoms with E-state index in [0.29, 0.717) is 21.0 Å². The van der Waals surface area contributed by atoms with E-state index in [1.807, 2.05) is 30.3 Å². The molecule has 0 bridgehead atoms. The van der Waals surface area contributed by atoms with Crippen LogP contribution in [0.25, 0.3) is 0 Å². The molecule has 1 aliphatic rings. The number of amides is 1. The number of hydrogen-bond acceptors (Lipinski definition) is 5. The number of esters is 1. The summed E-state index contributed by atoms with van der Waals surface area (Å²) in [6, 6.07) is 12.0. The second-order valence-corrected chi connectivity index (χ2v) is 7.70. The van der Waals surface area contributed by atoms with Gasteiger partial charge in [0, 0.05) is 5.92 Å². The lowest BCUT2D eigenvalue weighted by molar-refractivity contribution is -0.117. The van der Waals surface area contributed by atoms with Gasteiger partial charge in [-0.15, -0.1) is 11.3 Å². The Labute approximate surface area is 156 Å². The second kappa shape index (κ2) is 7.30. The maximum absolute atomic E-state index is 12.6. The first kappa shape index (κ1) is 18.2. The molecular formula is C20H20N2O3S. The summed E-state index contributed by atoms with van der Waals surface area (Å²) in [5.41, 5.74) is 2.03. The minimum absolute atomic E-state index is 0.0996. The normalized spacial score (nSPS) is 18.3. The van der Waals surface area contributed by atoms with Gasteiger partial charge in [0.15, 0.2) is 0 Å². The first-order chi connectivity index (χ1) is 12.4. The van der Waals surface area contributed by atoms with Crippen LogP contribution >= 0.6 is 11.3 Å². The van der Waals surface area contributed by atoms with Crippen LogP contribution in [0.3, 0.4) is 0 Å². The Morgan fingerprint density at radius 3 is 2.62 bits per heavy atom. The third-order valence-electron chi connectivity index (χ3n) is 4.38. The van der Waals surface area contributed by atoms with Gasteiger partial charge in [0.1, 0.15) is 15.9 Å². The highest BCUT2D eigenvalue weighted by Gasteiger charge is 2.44. The highest BCUT2D eigenvalue weighted by molar-refractivity contribution is 7.18. The highest BCUT2D eigenvalue weighted by atomic mass is 32.1. The largest absolute Gasteiger partial charge is 0.459 e. The van der Waals surface area contributed by atoms with E-state index in [2.05, 4.69) is 11.4 Å². The Morgan fingerprint density at radius 2 is 2.00 bits per heavy atom. The molecule has 1 aromatic heterocycles. The summed E-state index contributed by atoms with van der Waals surface area (Å²) in [6.07, 6.45) is 0.551. The number of hydrogen-bond donors (Lipinski definition) is 1. The molecule has 6 heteroatoms. The molecule has 1 amide bonds. The van der Waals surface area contributed by atoms with Gasteiger partial charge in [-0.1, -0.05) is 30.3 Å². The molecule has 1 saturated carbocycles. The fourth-order valence-electron chi connectivity index (χ4n) is 2.96. The number of rotatable bonds is 5. The van der Waals surface area contributed by atoms with E-state index >= 15 is 0 Å². The molecule has 0 aliphatic heterocycles. The number of carbonyl (C=O) groups is 2. The predicted octanol–water partition coefficient (Wildman–Crippen LogP) is 4.24. The highest BCUT2D eigenvalue weighted by Crippen LogP contribution is 2.48. The predicted molar refractivity (Wildman–Crippen MR) is 100 cm³/mol. The number of thiophene rings is 1. The van der Waals surface area contributed by atoms with Crippen molar-refractivity contribution < 1.29 is 14.3 Å². The average Bonchev–Trinajstić information content (AvgIpc) is 3.34. The molecule has 1 aliphatic carbocycles. The van der Waals surface area contributed by atoms with Crippen molar-refractivity contribution >= 4 is 28.2 Å². The molecule has 3 rings (SSSR count). The molecule has 134 valence electrons. The van der Waals surface area contributed by atoms with Crippen molar-refractivity contribution in [1.29, 1.82) is 5.26 Å². The zero-order chi connectivity index (χ0) is 18.8. The van der Waals surface area contributed by atoms with Crippen LogP contribution < -0.4 is 5.32 Å².